The van der Waals surface area contributed by atoms with Crippen molar-refractivity contribution in [2.75, 3.05) is 0 Å². The SMILES string of the molecule is Oc1cc(F)c2cc[nH]c2c1. The van der Waals surface area contributed by atoms with E-state index in [1.54, 1.807) is 12.3 Å². The summed E-state index contributed by atoms with van der Waals surface area (Å²) in [6.07, 6.45) is 1.63. The van der Waals surface area contributed by atoms with Crippen LogP contribution >= 0.6 is 0 Å². The number of phenolic OH excluding ortho intramolecular Hbond substituents is 1. The molecule has 0 aliphatic carbocycles. The topological polar surface area (TPSA) is 36.0 Å². The standard InChI is InChI=1S/C8H6FNO/c9-7-3-5(11)4-8-6(7)1-2-10-8/h1-4,10-11H. The fourth-order valence-electron chi connectivity index (χ4n) is 1.11. The van der Waals surface area contributed by atoms with Crippen LogP contribution in [0, 0.1) is 5.82 Å². The van der Waals surface area contributed by atoms with E-state index in [1.165, 1.54) is 6.07 Å². The van der Waals surface area contributed by atoms with Gasteiger partial charge in [0.1, 0.15) is 11.6 Å². The molecule has 2 N–H and O–H groups in total. The fraction of sp³-hybridized carbons (Fsp3) is 0. The van der Waals surface area contributed by atoms with Crippen LogP contribution in [0.4, 0.5) is 4.39 Å². The van der Waals surface area contributed by atoms with Gasteiger partial charge in [-0.1, -0.05) is 0 Å². The number of aromatic nitrogens is 1. The maximum Gasteiger partial charge on any atom is 0.136 e. The van der Waals surface area contributed by atoms with E-state index in [1.807, 2.05) is 0 Å². The van der Waals surface area contributed by atoms with Gasteiger partial charge in [0.15, 0.2) is 0 Å². The molecule has 0 bridgehead atoms. The first-order chi connectivity index (χ1) is 5.27. The third-order valence-corrected chi connectivity index (χ3v) is 1.60. The second-order valence-electron chi connectivity index (χ2n) is 2.37. The van der Waals surface area contributed by atoms with Crippen LogP contribution in [0.2, 0.25) is 0 Å². The first-order valence-electron chi connectivity index (χ1n) is 3.23. The lowest BCUT2D eigenvalue weighted by atomic mass is 10.2. The Kier molecular flexibility index (Phi) is 1.12. The molecule has 0 radical (unpaired) electrons. The summed E-state index contributed by atoms with van der Waals surface area (Å²) in [5, 5.41) is 9.47. The number of phenols is 1. The van der Waals surface area contributed by atoms with Crippen molar-refractivity contribution in [3.05, 3.63) is 30.2 Å². The molecular weight excluding hydrogens is 145 g/mol. The highest BCUT2D eigenvalue weighted by Gasteiger charge is 2.02. The van der Waals surface area contributed by atoms with Crippen molar-refractivity contribution in [3.63, 3.8) is 0 Å². The molecule has 11 heavy (non-hydrogen) atoms. The fourth-order valence-corrected chi connectivity index (χ4v) is 1.11. The molecule has 56 valence electrons. The Morgan fingerprint density at radius 1 is 1.36 bits per heavy atom. The van der Waals surface area contributed by atoms with E-state index in [9.17, 15) is 4.39 Å². The Bertz CT molecular complexity index is 394. The summed E-state index contributed by atoms with van der Waals surface area (Å²) in [5.74, 6) is -0.460. The van der Waals surface area contributed by atoms with E-state index in [2.05, 4.69) is 4.98 Å². The molecule has 1 heterocycles. The van der Waals surface area contributed by atoms with E-state index in [-0.39, 0.29) is 5.75 Å². The second-order valence-corrected chi connectivity index (χ2v) is 2.37. The van der Waals surface area contributed by atoms with Gasteiger partial charge in [0, 0.05) is 23.7 Å². The van der Waals surface area contributed by atoms with E-state index in [0.717, 1.165) is 6.07 Å². The average Bonchev–Trinajstić information content (AvgIpc) is 2.34. The molecule has 2 rings (SSSR count). The molecule has 3 heteroatoms. The van der Waals surface area contributed by atoms with Gasteiger partial charge in [-0.3, -0.25) is 0 Å². The van der Waals surface area contributed by atoms with Crippen molar-refractivity contribution in [3.8, 4) is 5.75 Å². The van der Waals surface area contributed by atoms with Gasteiger partial charge in [-0.25, -0.2) is 4.39 Å². The maximum absolute atomic E-state index is 12.9. The Morgan fingerprint density at radius 3 is 3.00 bits per heavy atom. The summed E-state index contributed by atoms with van der Waals surface area (Å²) in [6, 6.07) is 4.21. The molecule has 0 saturated carbocycles. The largest absolute Gasteiger partial charge is 0.508 e. The molecule has 0 aliphatic heterocycles. The number of fused-ring (bicyclic) bond motifs is 1. The number of halogens is 1. The van der Waals surface area contributed by atoms with E-state index in [4.69, 9.17) is 5.11 Å². The highest BCUT2D eigenvalue weighted by atomic mass is 19.1. The molecule has 0 unspecified atom stereocenters. The number of hydrogen-bond donors (Lipinski definition) is 2. The molecule has 2 aromatic rings. The smallest absolute Gasteiger partial charge is 0.136 e. The molecule has 1 aromatic carbocycles. The maximum atomic E-state index is 12.9. The summed E-state index contributed by atoms with van der Waals surface area (Å²) in [6.45, 7) is 0. The Morgan fingerprint density at radius 2 is 2.18 bits per heavy atom. The van der Waals surface area contributed by atoms with Gasteiger partial charge in [0.2, 0.25) is 0 Å². The number of rotatable bonds is 0. The van der Waals surface area contributed by atoms with Gasteiger partial charge >= 0.3 is 0 Å². The summed E-state index contributed by atoms with van der Waals surface area (Å²) in [5.41, 5.74) is 0.613. The first kappa shape index (κ1) is 6.22. The van der Waals surface area contributed by atoms with Crippen LogP contribution in [0.15, 0.2) is 24.4 Å². The third kappa shape index (κ3) is 0.852. The first-order valence-corrected chi connectivity index (χ1v) is 3.23. The molecule has 0 amide bonds. The van der Waals surface area contributed by atoms with Gasteiger partial charge in [-0.2, -0.15) is 0 Å². The normalized spacial score (nSPS) is 10.6. The van der Waals surface area contributed by atoms with E-state index < -0.39 is 5.82 Å². The van der Waals surface area contributed by atoms with Crippen molar-refractivity contribution in [2.24, 2.45) is 0 Å². The number of benzene rings is 1. The molecular formula is C8H6FNO. The van der Waals surface area contributed by atoms with Crippen LogP contribution in [-0.2, 0) is 0 Å². The number of aromatic hydroxyl groups is 1. The summed E-state index contributed by atoms with van der Waals surface area (Å²) >= 11 is 0. The van der Waals surface area contributed by atoms with Gasteiger partial charge < -0.3 is 10.1 Å². The number of hydrogen-bond acceptors (Lipinski definition) is 1. The molecule has 0 atom stereocenters. The molecule has 0 fully saturated rings. The van der Waals surface area contributed by atoms with Crippen molar-refractivity contribution in [1.82, 2.24) is 4.98 Å². The Labute approximate surface area is 62.3 Å². The minimum absolute atomic E-state index is 0.0579. The molecule has 2 nitrogen and oxygen atoms in total. The van der Waals surface area contributed by atoms with Crippen LogP contribution in [-0.4, -0.2) is 10.1 Å². The van der Waals surface area contributed by atoms with Crippen LogP contribution in [0.5, 0.6) is 5.75 Å². The minimum Gasteiger partial charge on any atom is -0.508 e. The van der Waals surface area contributed by atoms with E-state index >= 15 is 0 Å². The van der Waals surface area contributed by atoms with Crippen molar-refractivity contribution in [1.29, 1.82) is 0 Å². The Hall–Kier alpha value is -1.51. The molecule has 0 aliphatic rings. The highest BCUT2D eigenvalue weighted by molar-refractivity contribution is 5.81. The zero-order valence-electron chi connectivity index (χ0n) is 5.63. The average molecular weight is 151 g/mol. The summed E-state index contributed by atoms with van der Waals surface area (Å²) in [7, 11) is 0. The lowest BCUT2D eigenvalue weighted by Gasteiger charge is -1.93. The van der Waals surface area contributed by atoms with Crippen molar-refractivity contribution in [2.45, 2.75) is 0 Å². The molecule has 1 aromatic heterocycles. The number of H-pyrrole nitrogens is 1. The predicted octanol–water partition coefficient (Wildman–Crippen LogP) is 2.01. The van der Waals surface area contributed by atoms with Crippen molar-refractivity contribution >= 4 is 10.9 Å². The zero-order valence-corrected chi connectivity index (χ0v) is 5.63. The summed E-state index contributed by atoms with van der Waals surface area (Å²) < 4.78 is 12.9. The second kappa shape index (κ2) is 1.99. The molecule has 0 spiro atoms. The van der Waals surface area contributed by atoms with Gasteiger partial charge in [-0.05, 0) is 6.07 Å². The number of nitrogens with one attached hydrogen (secondary N) is 1. The van der Waals surface area contributed by atoms with E-state index in [0.29, 0.717) is 10.9 Å². The van der Waals surface area contributed by atoms with Gasteiger partial charge in [0.05, 0.1) is 5.52 Å². The van der Waals surface area contributed by atoms with Crippen LogP contribution < -0.4 is 0 Å². The highest BCUT2D eigenvalue weighted by Crippen LogP contribution is 2.21. The minimum atomic E-state index is -0.402. The lowest BCUT2D eigenvalue weighted by molar-refractivity contribution is 0.471. The van der Waals surface area contributed by atoms with Gasteiger partial charge in [-0.15, -0.1) is 0 Å². The van der Waals surface area contributed by atoms with Crippen molar-refractivity contribution < 1.29 is 9.50 Å². The van der Waals surface area contributed by atoms with Crippen LogP contribution in [0.25, 0.3) is 10.9 Å². The van der Waals surface area contributed by atoms with Crippen LogP contribution in [0.1, 0.15) is 0 Å². The molecule has 0 saturated heterocycles. The number of aromatic amines is 1. The summed E-state index contributed by atoms with van der Waals surface area (Å²) in [4.78, 5) is 2.80. The van der Waals surface area contributed by atoms with Crippen LogP contribution in [0.3, 0.4) is 0 Å². The van der Waals surface area contributed by atoms with Gasteiger partial charge in [0.25, 0.3) is 0 Å². The third-order valence-electron chi connectivity index (χ3n) is 1.60. The zero-order chi connectivity index (χ0) is 7.84. The monoisotopic (exact) mass is 151 g/mol. The Balaban J connectivity index is 2.91. The predicted molar refractivity (Wildman–Crippen MR) is 39.9 cm³/mol. The quantitative estimate of drug-likeness (QED) is 0.593. The lowest BCUT2D eigenvalue weighted by Crippen LogP contribution is -1.75.